The van der Waals surface area contributed by atoms with Crippen molar-refractivity contribution >= 4 is 42.2 Å². The first-order valence-corrected chi connectivity index (χ1v) is 2.58. The van der Waals surface area contributed by atoms with Gasteiger partial charge >= 0.3 is 0 Å². The first-order valence-electron chi connectivity index (χ1n) is 2.13. The molecular weight excluding hydrogens is 127 g/mol. The van der Waals surface area contributed by atoms with Gasteiger partial charge in [-0.15, -0.1) is 12.6 Å². The molecule has 0 fully saturated rings. The van der Waals surface area contributed by atoms with E-state index in [2.05, 4.69) is 12.6 Å². The average molecular weight is 133 g/mol. The fourth-order valence-electron chi connectivity index (χ4n) is 0.428. The van der Waals surface area contributed by atoms with Crippen LogP contribution in [0, 0.1) is 0 Å². The van der Waals surface area contributed by atoms with E-state index in [1.165, 1.54) is 0 Å². The van der Waals surface area contributed by atoms with E-state index in [4.69, 9.17) is 0 Å². The van der Waals surface area contributed by atoms with Crippen molar-refractivity contribution in [2.75, 3.05) is 0 Å². The Balaban J connectivity index is 0.000000490. The van der Waals surface area contributed by atoms with Crippen molar-refractivity contribution in [3.8, 4) is 0 Å². The summed E-state index contributed by atoms with van der Waals surface area (Å²) in [4.78, 5) is 1.02. The van der Waals surface area contributed by atoms with Gasteiger partial charge in [0.05, 0.1) is 0 Å². The van der Waals surface area contributed by atoms with Crippen molar-refractivity contribution < 1.29 is 0 Å². The summed E-state index contributed by atoms with van der Waals surface area (Å²) in [7, 11) is 0. The third-order valence-corrected chi connectivity index (χ3v) is 1.05. The molecule has 0 atom stereocenters. The molecule has 0 amide bonds. The van der Waals surface area contributed by atoms with Gasteiger partial charge in [0, 0.05) is 34.5 Å². The molecule has 1 aromatic rings. The summed E-state index contributed by atoms with van der Waals surface area (Å²) in [6.07, 6.45) is 0. The largest absolute Gasteiger partial charge is 0.143 e. The quantitative estimate of drug-likeness (QED) is 0.403. The summed E-state index contributed by atoms with van der Waals surface area (Å²) < 4.78 is 0. The maximum absolute atomic E-state index is 4.08. The van der Waals surface area contributed by atoms with Crippen molar-refractivity contribution in [1.29, 1.82) is 0 Å². The van der Waals surface area contributed by atoms with E-state index in [1.807, 2.05) is 30.3 Å². The monoisotopic (exact) mass is 133 g/mol. The Hall–Kier alpha value is 0.570. The standard InChI is InChI=1S/C6H6S.Na/c7-6-4-2-1-3-5-6;/h1-5,7H;. The van der Waals surface area contributed by atoms with Crippen molar-refractivity contribution in [2.24, 2.45) is 0 Å². The van der Waals surface area contributed by atoms with E-state index < -0.39 is 0 Å². The van der Waals surface area contributed by atoms with Gasteiger partial charge in [-0.1, -0.05) is 18.2 Å². The van der Waals surface area contributed by atoms with E-state index >= 15 is 0 Å². The van der Waals surface area contributed by atoms with Gasteiger partial charge < -0.3 is 0 Å². The van der Waals surface area contributed by atoms with Crippen molar-refractivity contribution in [1.82, 2.24) is 0 Å². The Morgan fingerprint density at radius 1 is 1.00 bits per heavy atom. The van der Waals surface area contributed by atoms with Crippen LogP contribution in [0.2, 0.25) is 0 Å². The zero-order valence-electron chi connectivity index (χ0n) is 4.83. The molecule has 1 radical (unpaired) electrons. The van der Waals surface area contributed by atoms with Gasteiger partial charge in [0.1, 0.15) is 0 Å². The SMILES string of the molecule is Sc1ccccc1.[Na]. The maximum atomic E-state index is 4.08. The predicted octanol–water partition coefficient (Wildman–Crippen LogP) is 1.59. The number of benzene rings is 1. The molecule has 37 valence electrons. The molecule has 0 nitrogen and oxygen atoms in total. The Morgan fingerprint density at radius 2 is 1.50 bits per heavy atom. The van der Waals surface area contributed by atoms with Crippen LogP contribution in [0.5, 0.6) is 0 Å². The van der Waals surface area contributed by atoms with E-state index in [0.29, 0.717) is 0 Å². The minimum atomic E-state index is 0. The second kappa shape index (κ2) is 4.45. The minimum absolute atomic E-state index is 0. The Labute approximate surface area is 77.0 Å². The first kappa shape index (κ1) is 8.57. The molecule has 0 saturated heterocycles. The van der Waals surface area contributed by atoms with Gasteiger partial charge in [0.2, 0.25) is 0 Å². The van der Waals surface area contributed by atoms with Crippen LogP contribution in [0.25, 0.3) is 0 Å². The van der Waals surface area contributed by atoms with Crippen LogP contribution in [0.1, 0.15) is 0 Å². The fourth-order valence-corrected chi connectivity index (χ4v) is 0.600. The molecule has 0 aromatic heterocycles. The van der Waals surface area contributed by atoms with E-state index in [1.54, 1.807) is 0 Å². The number of thiol groups is 1. The van der Waals surface area contributed by atoms with Crippen molar-refractivity contribution in [2.45, 2.75) is 4.90 Å². The van der Waals surface area contributed by atoms with Crippen LogP contribution >= 0.6 is 12.6 Å². The van der Waals surface area contributed by atoms with Gasteiger partial charge in [-0.25, -0.2) is 0 Å². The van der Waals surface area contributed by atoms with Gasteiger partial charge in [0.15, 0.2) is 0 Å². The number of rotatable bonds is 0. The topological polar surface area (TPSA) is 0 Å². The summed E-state index contributed by atoms with van der Waals surface area (Å²) in [5.74, 6) is 0. The molecule has 0 heterocycles. The molecule has 8 heavy (non-hydrogen) atoms. The smallest absolute Gasteiger partial charge is 0.00399 e. The summed E-state index contributed by atoms with van der Waals surface area (Å²) in [5.41, 5.74) is 0. The average Bonchev–Trinajstić information content (AvgIpc) is 1.69. The second-order valence-corrected chi connectivity index (χ2v) is 1.85. The van der Waals surface area contributed by atoms with Gasteiger partial charge in [-0.3, -0.25) is 0 Å². The Bertz CT molecular complexity index is 138. The maximum Gasteiger partial charge on any atom is 0.00399 e. The van der Waals surface area contributed by atoms with Gasteiger partial charge in [0.25, 0.3) is 0 Å². The summed E-state index contributed by atoms with van der Waals surface area (Å²) >= 11 is 4.08. The number of hydrogen-bond acceptors (Lipinski definition) is 1. The second-order valence-electron chi connectivity index (χ2n) is 1.34. The third kappa shape index (κ3) is 2.78. The molecule has 0 N–H and O–H groups in total. The fraction of sp³-hybridized carbons (Fsp3) is 0. The minimum Gasteiger partial charge on any atom is -0.143 e. The molecule has 2 heteroatoms. The van der Waals surface area contributed by atoms with Crippen molar-refractivity contribution in [3.63, 3.8) is 0 Å². The summed E-state index contributed by atoms with van der Waals surface area (Å²) in [5, 5.41) is 0. The van der Waals surface area contributed by atoms with Crippen LogP contribution < -0.4 is 0 Å². The number of hydrogen-bond donors (Lipinski definition) is 1. The third-order valence-electron chi connectivity index (χ3n) is 0.756. The molecule has 1 rings (SSSR count). The molecule has 0 bridgehead atoms. The Kier molecular flexibility index (Phi) is 4.77. The zero-order valence-corrected chi connectivity index (χ0v) is 7.73. The van der Waals surface area contributed by atoms with Crippen molar-refractivity contribution in [3.05, 3.63) is 30.3 Å². The molecule has 0 aliphatic carbocycles. The normalized spacial score (nSPS) is 7.62. The summed E-state index contributed by atoms with van der Waals surface area (Å²) in [6, 6.07) is 9.79. The van der Waals surface area contributed by atoms with Crippen LogP contribution in [0.15, 0.2) is 35.2 Å². The zero-order chi connectivity index (χ0) is 5.11. The van der Waals surface area contributed by atoms with E-state index in [0.717, 1.165) is 4.90 Å². The van der Waals surface area contributed by atoms with E-state index in [-0.39, 0.29) is 29.6 Å². The van der Waals surface area contributed by atoms with Gasteiger partial charge in [-0.2, -0.15) is 0 Å². The van der Waals surface area contributed by atoms with Crippen LogP contribution in [-0.2, 0) is 0 Å². The van der Waals surface area contributed by atoms with Crippen LogP contribution in [0.3, 0.4) is 0 Å². The molecule has 1 aromatic carbocycles. The molecule has 0 saturated carbocycles. The molecule has 0 aliphatic heterocycles. The molecule has 0 aliphatic rings. The molecular formula is C6H6NaS. The molecule has 0 spiro atoms. The Morgan fingerprint density at radius 3 is 1.75 bits per heavy atom. The molecule has 0 unspecified atom stereocenters. The van der Waals surface area contributed by atoms with Crippen LogP contribution in [0.4, 0.5) is 0 Å². The summed E-state index contributed by atoms with van der Waals surface area (Å²) in [6.45, 7) is 0. The predicted molar refractivity (Wildman–Crippen MR) is 39.4 cm³/mol. The van der Waals surface area contributed by atoms with Gasteiger partial charge in [-0.05, 0) is 12.1 Å². The van der Waals surface area contributed by atoms with E-state index in [9.17, 15) is 0 Å². The first-order chi connectivity index (χ1) is 3.39. The van der Waals surface area contributed by atoms with Crippen LogP contribution in [-0.4, -0.2) is 29.6 Å².